The topological polar surface area (TPSA) is 85.3 Å². The molecule has 3 rings (SSSR count). The molecule has 4 N–H and O–H groups in total. The molecular weight excluding hydrogens is 294 g/mol. The molecule has 0 radical (unpaired) electrons. The zero-order chi connectivity index (χ0) is 14.1. The summed E-state index contributed by atoms with van der Waals surface area (Å²) in [7, 11) is 2.29. The zero-order valence-electron chi connectivity index (χ0n) is 11.5. The maximum Gasteiger partial charge on any atom is 0.230 e. The second-order valence-corrected chi connectivity index (χ2v) is 7.88. The maximum atomic E-state index is 12.0. The molecule has 20 heavy (non-hydrogen) atoms. The number of carbonyl (C=O) groups excluding carboxylic acids is 1. The second kappa shape index (κ2) is 5.87. The van der Waals surface area contributed by atoms with Gasteiger partial charge in [0.05, 0.1) is 24.9 Å². The molecule has 4 atom stereocenters. The lowest BCUT2D eigenvalue weighted by Crippen LogP contribution is -3.15. The quantitative estimate of drug-likeness (QED) is 0.655. The number of nitrogens with two attached hydrogens (primary N) is 1. The molecule has 2 aliphatic rings. The second-order valence-electron chi connectivity index (χ2n) is 5.65. The van der Waals surface area contributed by atoms with Gasteiger partial charge in [-0.05, 0) is 0 Å². The maximum absolute atomic E-state index is 12.0. The van der Waals surface area contributed by atoms with E-state index < -0.39 is 0 Å². The first-order chi connectivity index (χ1) is 9.61. The number of hydrogen-bond donors (Lipinski definition) is 3. The van der Waals surface area contributed by atoms with Crippen LogP contribution in [0.1, 0.15) is 25.7 Å². The van der Waals surface area contributed by atoms with E-state index in [-0.39, 0.29) is 5.91 Å². The van der Waals surface area contributed by atoms with Crippen LogP contribution in [-0.2, 0) is 4.79 Å². The minimum Gasteiger partial charge on any atom is -0.374 e. The third-order valence-corrected chi connectivity index (χ3v) is 6.29. The van der Waals surface area contributed by atoms with Crippen LogP contribution in [0, 0.1) is 0 Å². The van der Waals surface area contributed by atoms with Gasteiger partial charge in [-0.25, -0.2) is 0 Å². The molecule has 1 amide bonds. The molecule has 1 aromatic rings. The Hall–Kier alpha value is -0.860. The van der Waals surface area contributed by atoms with Gasteiger partial charge in [-0.1, -0.05) is 23.1 Å². The molecule has 0 spiro atoms. The fourth-order valence-corrected chi connectivity index (χ4v) is 4.82. The van der Waals surface area contributed by atoms with E-state index in [4.69, 9.17) is 5.73 Å². The number of nitrogens with one attached hydrogen (secondary N) is 2. The lowest BCUT2D eigenvalue weighted by molar-refractivity contribution is -0.922. The van der Waals surface area contributed by atoms with E-state index >= 15 is 0 Å². The van der Waals surface area contributed by atoms with Crippen LogP contribution in [0.5, 0.6) is 0 Å². The van der Waals surface area contributed by atoms with Gasteiger partial charge in [0.15, 0.2) is 4.34 Å². The van der Waals surface area contributed by atoms with Gasteiger partial charge in [0.2, 0.25) is 11.0 Å². The lowest BCUT2D eigenvalue weighted by atomic mass is 9.98. The van der Waals surface area contributed by atoms with Crippen LogP contribution < -0.4 is 16.0 Å². The molecule has 0 aromatic carbocycles. The Morgan fingerprint density at radius 2 is 2.15 bits per heavy atom. The van der Waals surface area contributed by atoms with Gasteiger partial charge in [0.1, 0.15) is 0 Å². The molecule has 0 saturated carbocycles. The van der Waals surface area contributed by atoms with Crippen molar-refractivity contribution in [3.63, 3.8) is 0 Å². The molecule has 2 aliphatic heterocycles. The number of anilines is 1. The minimum atomic E-state index is 0.0905. The predicted octanol–water partition coefficient (Wildman–Crippen LogP) is -0.463. The van der Waals surface area contributed by atoms with E-state index in [1.807, 2.05) is 0 Å². The summed E-state index contributed by atoms with van der Waals surface area (Å²) in [5.41, 5.74) is 5.51. The van der Waals surface area contributed by atoms with Crippen LogP contribution in [-0.4, -0.2) is 47.0 Å². The Bertz CT molecular complexity index is 480. The number of hydrogen-bond acceptors (Lipinski definition) is 6. The first-order valence-corrected chi connectivity index (χ1v) is 8.76. The number of thioether (sulfide) groups is 1. The van der Waals surface area contributed by atoms with Gasteiger partial charge in [-0.15, -0.1) is 10.2 Å². The van der Waals surface area contributed by atoms with Gasteiger partial charge in [-0.3, -0.25) is 4.79 Å². The van der Waals surface area contributed by atoms with Gasteiger partial charge in [0.25, 0.3) is 0 Å². The van der Waals surface area contributed by atoms with E-state index in [2.05, 4.69) is 22.6 Å². The Kier molecular flexibility index (Phi) is 4.13. The number of piperidine rings is 1. The highest BCUT2D eigenvalue weighted by molar-refractivity contribution is 8.01. The van der Waals surface area contributed by atoms with Crippen molar-refractivity contribution in [3.8, 4) is 0 Å². The number of nitrogen functional groups attached to an aromatic ring is 1. The van der Waals surface area contributed by atoms with E-state index in [0.29, 0.717) is 16.9 Å². The molecule has 0 aliphatic carbocycles. The standard InChI is InChI=1S/C12H19N5OS2/c1-17-8-2-3-9(17)5-7(4-8)14-10(18)6-19-12-16-15-11(13)20-12/h7-9H,2-6H2,1H3,(H2,13,15)(H,14,18)/p+1/t7?,8-,9+. The Morgan fingerprint density at radius 3 is 2.75 bits per heavy atom. The normalized spacial score (nSPS) is 32.2. The Balaban J connectivity index is 1.45. The number of nitrogens with zero attached hydrogens (tertiary/aromatic N) is 2. The third kappa shape index (κ3) is 3.07. The number of amides is 1. The summed E-state index contributed by atoms with van der Waals surface area (Å²) in [6, 6.07) is 1.81. The number of quaternary nitrogens is 1. The fraction of sp³-hybridized carbons (Fsp3) is 0.750. The Labute approximate surface area is 126 Å². The number of fused-ring (bicyclic) bond motifs is 2. The monoisotopic (exact) mass is 314 g/mol. The van der Waals surface area contributed by atoms with Gasteiger partial charge in [0, 0.05) is 31.7 Å². The summed E-state index contributed by atoms with van der Waals surface area (Å²) >= 11 is 2.73. The summed E-state index contributed by atoms with van der Waals surface area (Å²) in [6.45, 7) is 0. The van der Waals surface area contributed by atoms with Crippen LogP contribution in [0.2, 0.25) is 0 Å². The molecule has 2 unspecified atom stereocenters. The molecule has 6 nitrogen and oxygen atoms in total. The predicted molar refractivity (Wildman–Crippen MR) is 79.9 cm³/mol. The van der Waals surface area contributed by atoms with Crippen LogP contribution in [0.25, 0.3) is 0 Å². The largest absolute Gasteiger partial charge is 0.374 e. The summed E-state index contributed by atoms with van der Waals surface area (Å²) in [6.07, 6.45) is 4.85. The van der Waals surface area contributed by atoms with E-state index in [0.717, 1.165) is 29.3 Å². The smallest absolute Gasteiger partial charge is 0.230 e. The van der Waals surface area contributed by atoms with Crippen molar-refractivity contribution < 1.29 is 9.69 Å². The highest BCUT2D eigenvalue weighted by atomic mass is 32.2. The molecule has 2 fully saturated rings. The molecule has 1 aromatic heterocycles. The molecule has 2 bridgehead atoms. The number of rotatable bonds is 4. The average Bonchev–Trinajstić information content (AvgIpc) is 2.89. The highest BCUT2D eigenvalue weighted by Gasteiger charge is 2.42. The lowest BCUT2D eigenvalue weighted by Gasteiger charge is -2.33. The molecular formula is C12H20N5OS2+. The number of aromatic nitrogens is 2. The van der Waals surface area contributed by atoms with Gasteiger partial charge >= 0.3 is 0 Å². The van der Waals surface area contributed by atoms with Crippen molar-refractivity contribution >= 4 is 34.1 Å². The summed E-state index contributed by atoms with van der Waals surface area (Å²) in [4.78, 5) is 13.7. The van der Waals surface area contributed by atoms with Gasteiger partial charge < -0.3 is 16.0 Å². The molecule has 8 heteroatoms. The average molecular weight is 314 g/mol. The van der Waals surface area contributed by atoms with Crippen molar-refractivity contribution in [2.24, 2.45) is 0 Å². The van der Waals surface area contributed by atoms with Crippen molar-refractivity contribution in [2.45, 2.75) is 48.1 Å². The highest BCUT2D eigenvalue weighted by Crippen LogP contribution is 2.24. The summed E-state index contributed by atoms with van der Waals surface area (Å²) < 4.78 is 0.755. The summed E-state index contributed by atoms with van der Waals surface area (Å²) in [5, 5.41) is 11.3. The van der Waals surface area contributed by atoms with Crippen molar-refractivity contribution in [1.29, 1.82) is 0 Å². The molecule has 2 saturated heterocycles. The molecule has 3 heterocycles. The van der Waals surface area contributed by atoms with E-state index in [1.54, 1.807) is 4.90 Å². The van der Waals surface area contributed by atoms with Crippen LogP contribution >= 0.6 is 23.1 Å². The van der Waals surface area contributed by atoms with E-state index in [1.165, 1.54) is 35.9 Å². The fourth-order valence-electron chi connectivity index (χ4n) is 3.37. The van der Waals surface area contributed by atoms with Crippen LogP contribution in [0.3, 0.4) is 0 Å². The zero-order valence-corrected chi connectivity index (χ0v) is 13.1. The molecule has 110 valence electrons. The first kappa shape index (κ1) is 14.1. The SMILES string of the molecule is C[NH+]1[C@@H]2CC[C@H]1CC(NC(=O)CSc1nnc(N)s1)C2. The van der Waals surface area contributed by atoms with Crippen molar-refractivity contribution in [1.82, 2.24) is 15.5 Å². The Morgan fingerprint density at radius 1 is 1.45 bits per heavy atom. The number of carbonyl (C=O) groups is 1. The van der Waals surface area contributed by atoms with Crippen LogP contribution in [0.15, 0.2) is 4.34 Å². The van der Waals surface area contributed by atoms with Gasteiger partial charge in [-0.2, -0.15) is 0 Å². The minimum absolute atomic E-state index is 0.0905. The third-order valence-electron chi connectivity index (χ3n) is 4.40. The van der Waals surface area contributed by atoms with E-state index in [9.17, 15) is 4.79 Å². The van der Waals surface area contributed by atoms with Crippen molar-refractivity contribution in [2.75, 3.05) is 18.5 Å². The van der Waals surface area contributed by atoms with Crippen molar-refractivity contribution in [3.05, 3.63) is 0 Å². The van der Waals surface area contributed by atoms with Crippen LogP contribution in [0.4, 0.5) is 5.13 Å². The first-order valence-electron chi connectivity index (χ1n) is 6.96. The summed E-state index contributed by atoms with van der Waals surface area (Å²) in [5.74, 6) is 0.483.